The second kappa shape index (κ2) is 6.05. The molecule has 112 valence electrons. The van der Waals surface area contributed by atoms with Gasteiger partial charge in [-0.05, 0) is 30.2 Å². The minimum atomic E-state index is -3.41. The SMILES string of the molecule is Cc1cccc(Nc2nc(Cl)ncc2Cl)c1NS(C)(=O)=O. The summed E-state index contributed by atoms with van der Waals surface area (Å²) in [6, 6.07) is 5.27. The monoisotopic (exact) mass is 346 g/mol. The van der Waals surface area contributed by atoms with Gasteiger partial charge in [-0.2, -0.15) is 4.98 Å². The molecule has 2 aromatic rings. The van der Waals surface area contributed by atoms with Gasteiger partial charge >= 0.3 is 0 Å². The summed E-state index contributed by atoms with van der Waals surface area (Å²) in [7, 11) is -3.41. The molecule has 1 aromatic carbocycles. The number of aryl methyl sites for hydroxylation is 1. The van der Waals surface area contributed by atoms with E-state index in [1.54, 1.807) is 25.1 Å². The Morgan fingerprint density at radius 1 is 1.24 bits per heavy atom. The number of anilines is 3. The third-order valence-electron chi connectivity index (χ3n) is 2.53. The number of benzene rings is 1. The highest BCUT2D eigenvalue weighted by Crippen LogP contribution is 2.31. The molecule has 0 aliphatic carbocycles. The number of hydrogen-bond donors (Lipinski definition) is 2. The molecule has 0 amide bonds. The Morgan fingerprint density at radius 3 is 2.62 bits per heavy atom. The van der Waals surface area contributed by atoms with E-state index >= 15 is 0 Å². The van der Waals surface area contributed by atoms with Crippen LogP contribution in [-0.2, 0) is 10.0 Å². The maximum absolute atomic E-state index is 11.5. The zero-order valence-corrected chi connectivity index (χ0v) is 13.5. The number of halogens is 2. The predicted octanol–water partition coefficient (Wildman–Crippen LogP) is 3.21. The fourth-order valence-corrected chi connectivity index (χ4v) is 2.57. The Balaban J connectivity index is 2.45. The van der Waals surface area contributed by atoms with E-state index in [2.05, 4.69) is 20.0 Å². The van der Waals surface area contributed by atoms with Gasteiger partial charge in [-0.15, -0.1) is 0 Å². The number of nitrogens with zero attached hydrogens (tertiary/aromatic N) is 2. The van der Waals surface area contributed by atoms with Crippen molar-refractivity contribution >= 4 is 50.4 Å². The van der Waals surface area contributed by atoms with Crippen LogP contribution in [0.15, 0.2) is 24.4 Å². The molecule has 0 saturated carbocycles. The summed E-state index contributed by atoms with van der Waals surface area (Å²) >= 11 is 11.7. The zero-order chi connectivity index (χ0) is 15.6. The van der Waals surface area contributed by atoms with Crippen molar-refractivity contribution in [3.63, 3.8) is 0 Å². The van der Waals surface area contributed by atoms with Gasteiger partial charge in [-0.1, -0.05) is 23.7 Å². The highest BCUT2D eigenvalue weighted by Gasteiger charge is 2.12. The van der Waals surface area contributed by atoms with Crippen LogP contribution < -0.4 is 10.0 Å². The van der Waals surface area contributed by atoms with Gasteiger partial charge in [0.2, 0.25) is 15.3 Å². The smallest absolute Gasteiger partial charge is 0.229 e. The second-order valence-corrected chi connectivity index (χ2v) is 6.83. The Hall–Kier alpha value is -1.57. The van der Waals surface area contributed by atoms with E-state index in [1.807, 2.05) is 0 Å². The van der Waals surface area contributed by atoms with Crippen LogP contribution in [0.3, 0.4) is 0 Å². The van der Waals surface area contributed by atoms with Crippen LogP contribution in [-0.4, -0.2) is 24.6 Å². The average Bonchev–Trinajstić information content (AvgIpc) is 2.37. The van der Waals surface area contributed by atoms with Crippen molar-refractivity contribution < 1.29 is 8.42 Å². The number of sulfonamides is 1. The summed E-state index contributed by atoms with van der Waals surface area (Å²) in [5.74, 6) is 0.291. The minimum Gasteiger partial charge on any atom is -0.337 e. The summed E-state index contributed by atoms with van der Waals surface area (Å²) < 4.78 is 25.4. The molecule has 0 spiro atoms. The van der Waals surface area contributed by atoms with Crippen molar-refractivity contribution in [2.24, 2.45) is 0 Å². The van der Waals surface area contributed by atoms with Crippen molar-refractivity contribution in [3.05, 3.63) is 40.3 Å². The second-order valence-electron chi connectivity index (χ2n) is 4.33. The fourth-order valence-electron chi connectivity index (χ4n) is 1.65. The van der Waals surface area contributed by atoms with E-state index in [0.29, 0.717) is 17.2 Å². The molecule has 0 unspecified atom stereocenters. The van der Waals surface area contributed by atoms with Crippen molar-refractivity contribution in [2.45, 2.75) is 6.92 Å². The van der Waals surface area contributed by atoms with E-state index in [-0.39, 0.29) is 10.3 Å². The van der Waals surface area contributed by atoms with Crippen molar-refractivity contribution in [2.75, 3.05) is 16.3 Å². The number of nitrogens with one attached hydrogen (secondary N) is 2. The lowest BCUT2D eigenvalue weighted by atomic mass is 10.2. The van der Waals surface area contributed by atoms with Crippen LogP contribution in [0.2, 0.25) is 10.3 Å². The third kappa shape index (κ3) is 4.20. The summed E-state index contributed by atoms with van der Waals surface area (Å²) in [5.41, 5.74) is 1.68. The lowest BCUT2D eigenvalue weighted by molar-refractivity contribution is 0.607. The van der Waals surface area contributed by atoms with Crippen LogP contribution in [0.4, 0.5) is 17.2 Å². The first-order valence-electron chi connectivity index (χ1n) is 5.79. The van der Waals surface area contributed by atoms with Crippen molar-refractivity contribution in [1.82, 2.24) is 9.97 Å². The molecule has 0 atom stereocenters. The number of para-hydroxylation sites is 1. The zero-order valence-electron chi connectivity index (χ0n) is 11.2. The number of aromatic nitrogens is 2. The molecule has 2 rings (SSSR count). The molecule has 0 aliphatic rings. The first-order chi connectivity index (χ1) is 9.76. The molecule has 9 heteroatoms. The summed E-state index contributed by atoms with van der Waals surface area (Å²) in [4.78, 5) is 7.72. The molecule has 6 nitrogen and oxygen atoms in total. The Bertz CT molecular complexity index is 781. The quantitative estimate of drug-likeness (QED) is 0.830. The minimum absolute atomic E-state index is 0.0344. The van der Waals surface area contributed by atoms with Gasteiger partial charge in [-0.3, -0.25) is 4.72 Å². The average molecular weight is 347 g/mol. The summed E-state index contributed by atoms with van der Waals surface area (Å²) in [5, 5.41) is 3.25. The largest absolute Gasteiger partial charge is 0.337 e. The maximum Gasteiger partial charge on any atom is 0.229 e. The Kier molecular flexibility index (Phi) is 4.55. The number of hydrogen-bond acceptors (Lipinski definition) is 5. The molecular formula is C12H12Cl2N4O2S. The first-order valence-corrected chi connectivity index (χ1v) is 8.43. The topological polar surface area (TPSA) is 84.0 Å². The molecule has 0 radical (unpaired) electrons. The van der Waals surface area contributed by atoms with E-state index in [4.69, 9.17) is 23.2 Å². The van der Waals surface area contributed by atoms with E-state index in [9.17, 15) is 8.42 Å². The summed E-state index contributed by atoms with van der Waals surface area (Å²) in [6.45, 7) is 1.78. The molecule has 2 N–H and O–H groups in total. The molecule has 1 aromatic heterocycles. The molecule has 0 bridgehead atoms. The normalized spacial score (nSPS) is 11.2. The molecule has 0 fully saturated rings. The predicted molar refractivity (Wildman–Crippen MR) is 85.0 cm³/mol. The molecule has 0 aliphatic heterocycles. The van der Waals surface area contributed by atoms with Crippen molar-refractivity contribution in [1.29, 1.82) is 0 Å². The highest BCUT2D eigenvalue weighted by molar-refractivity contribution is 7.92. The van der Waals surface area contributed by atoms with Crippen LogP contribution in [0.1, 0.15) is 5.56 Å². The highest BCUT2D eigenvalue weighted by atomic mass is 35.5. The summed E-state index contributed by atoms with van der Waals surface area (Å²) in [6.07, 6.45) is 2.44. The number of rotatable bonds is 4. The maximum atomic E-state index is 11.5. The molecule has 1 heterocycles. The third-order valence-corrected chi connectivity index (χ3v) is 3.56. The Labute approximate surface area is 132 Å². The van der Waals surface area contributed by atoms with Crippen LogP contribution in [0, 0.1) is 6.92 Å². The molecule has 21 heavy (non-hydrogen) atoms. The van der Waals surface area contributed by atoms with Crippen LogP contribution in [0.5, 0.6) is 0 Å². The lowest BCUT2D eigenvalue weighted by Gasteiger charge is -2.15. The van der Waals surface area contributed by atoms with Crippen LogP contribution >= 0.6 is 23.2 Å². The fraction of sp³-hybridized carbons (Fsp3) is 0.167. The van der Waals surface area contributed by atoms with E-state index in [1.165, 1.54) is 6.20 Å². The van der Waals surface area contributed by atoms with E-state index in [0.717, 1.165) is 11.8 Å². The first kappa shape index (κ1) is 15.8. The lowest BCUT2D eigenvalue weighted by Crippen LogP contribution is -2.12. The van der Waals surface area contributed by atoms with Gasteiger partial charge in [0.15, 0.2) is 5.82 Å². The van der Waals surface area contributed by atoms with Gasteiger partial charge < -0.3 is 5.32 Å². The molecule has 0 saturated heterocycles. The van der Waals surface area contributed by atoms with Gasteiger partial charge in [0.25, 0.3) is 0 Å². The standard InChI is InChI=1S/C12H12Cl2N4O2S/c1-7-4-3-5-9(10(7)18-21(2,19)20)16-11-8(13)6-15-12(14)17-11/h3-6,18H,1-2H3,(H,15,16,17). The molecular weight excluding hydrogens is 335 g/mol. The van der Waals surface area contributed by atoms with Gasteiger partial charge in [0.05, 0.1) is 23.8 Å². The van der Waals surface area contributed by atoms with Crippen LogP contribution in [0.25, 0.3) is 0 Å². The van der Waals surface area contributed by atoms with Crippen molar-refractivity contribution in [3.8, 4) is 0 Å². The van der Waals surface area contributed by atoms with Gasteiger partial charge in [0.1, 0.15) is 5.02 Å². The van der Waals surface area contributed by atoms with Gasteiger partial charge in [0, 0.05) is 0 Å². The Morgan fingerprint density at radius 2 is 1.95 bits per heavy atom. The van der Waals surface area contributed by atoms with Gasteiger partial charge in [-0.25, -0.2) is 13.4 Å². The van der Waals surface area contributed by atoms with E-state index < -0.39 is 10.0 Å².